The van der Waals surface area contributed by atoms with Crippen molar-refractivity contribution in [3.05, 3.63) is 12.2 Å². The molecule has 1 spiro atoms. The SMILES string of the molecule is C=C1C[C@@]23CC[C@@H]4C(C)(C(=O)O)CCCC4(C)[C@@H]2CCC1(OC1O[C@H](CO)C(O)[C@H](O)C1OC1O[C@H](CO)C(O)[C@H](O)C1O)C3. The van der Waals surface area contributed by atoms with E-state index in [4.69, 9.17) is 18.9 Å². The second-order valence-corrected chi connectivity index (χ2v) is 15.2. The van der Waals surface area contributed by atoms with Crippen LogP contribution in [0, 0.1) is 28.1 Å². The first-order chi connectivity index (χ1) is 21.2. The molecule has 8 N–H and O–H groups in total. The van der Waals surface area contributed by atoms with Crippen LogP contribution in [0.5, 0.6) is 0 Å². The minimum atomic E-state index is -1.76. The number of fused-ring (bicyclic) bond motifs is 3. The molecule has 45 heavy (non-hydrogen) atoms. The summed E-state index contributed by atoms with van der Waals surface area (Å²) in [6, 6.07) is 0. The lowest BCUT2D eigenvalue weighted by molar-refractivity contribution is -0.378. The Hall–Kier alpha value is -1.23. The van der Waals surface area contributed by atoms with Gasteiger partial charge in [-0.15, -0.1) is 0 Å². The molecule has 0 aromatic carbocycles. The van der Waals surface area contributed by atoms with E-state index in [0.29, 0.717) is 25.7 Å². The van der Waals surface area contributed by atoms with E-state index in [9.17, 15) is 45.6 Å². The molecule has 6 rings (SSSR count). The Balaban J connectivity index is 1.26. The zero-order valence-corrected chi connectivity index (χ0v) is 26.0. The molecular weight excluding hydrogens is 592 g/mol. The topological polar surface area (TPSA) is 216 Å². The van der Waals surface area contributed by atoms with E-state index in [1.165, 1.54) is 0 Å². The number of aliphatic hydroxyl groups is 7. The molecule has 6 aliphatic rings. The quantitative estimate of drug-likeness (QED) is 0.134. The van der Waals surface area contributed by atoms with Crippen LogP contribution in [0.1, 0.15) is 71.6 Å². The van der Waals surface area contributed by atoms with Gasteiger partial charge in [0.25, 0.3) is 0 Å². The molecule has 2 bridgehead atoms. The van der Waals surface area contributed by atoms with Crippen LogP contribution in [0.3, 0.4) is 0 Å². The summed E-state index contributed by atoms with van der Waals surface area (Å²) in [6.45, 7) is 7.33. The van der Waals surface area contributed by atoms with Crippen molar-refractivity contribution in [2.75, 3.05) is 13.2 Å². The van der Waals surface area contributed by atoms with Gasteiger partial charge in [-0.2, -0.15) is 0 Å². The average Bonchev–Trinajstić information content (AvgIpc) is 3.19. The van der Waals surface area contributed by atoms with Gasteiger partial charge >= 0.3 is 5.97 Å². The minimum Gasteiger partial charge on any atom is -0.481 e. The van der Waals surface area contributed by atoms with Gasteiger partial charge in [0, 0.05) is 0 Å². The molecule has 6 fully saturated rings. The lowest BCUT2D eigenvalue weighted by Gasteiger charge is -2.64. The Morgan fingerprint density at radius 2 is 1.47 bits per heavy atom. The number of hydrogen-bond donors (Lipinski definition) is 8. The normalized spacial score (nSPS) is 54.7. The zero-order valence-electron chi connectivity index (χ0n) is 26.0. The van der Waals surface area contributed by atoms with Crippen molar-refractivity contribution in [2.45, 2.75) is 139 Å². The van der Waals surface area contributed by atoms with Crippen LogP contribution in [0.15, 0.2) is 12.2 Å². The highest BCUT2D eigenvalue weighted by Crippen LogP contribution is 2.73. The fourth-order valence-electron chi connectivity index (χ4n) is 10.6. The predicted molar refractivity (Wildman–Crippen MR) is 154 cm³/mol. The number of aliphatic hydroxyl groups excluding tert-OH is 7. The van der Waals surface area contributed by atoms with Gasteiger partial charge in [-0.25, -0.2) is 0 Å². The molecule has 9 unspecified atom stereocenters. The van der Waals surface area contributed by atoms with Crippen molar-refractivity contribution in [2.24, 2.45) is 28.1 Å². The molecule has 0 radical (unpaired) electrons. The van der Waals surface area contributed by atoms with Crippen molar-refractivity contribution >= 4 is 5.97 Å². The number of carboxylic acids is 1. The summed E-state index contributed by atoms with van der Waals surface area (Å²) in [5.41, 5.74) is -1.10. The van der Waals surface area contributed by atoms with Crippen molar-refractivity contribution < 1.29 is 64.6 Å². The summed E-state index contributed by atoms with van der Waals surface area (Å²) in [6.07, 6.45) is -8.44. The molecule has 4 saturated carbocycles. The van der Waals surface area contributed by atoms with Crippen molar-refractivity contribution in [3.8, 4) is 0 Å². The fourth-order valence-corrected chi connectivity index (χ4v) is 10.6. The highest BCUT2D eigenvalue weighted by atomic mass is 16.8. The minimum absolute atomic E-state index is 0.0640. The molecular formula is C32H50O13. The van der Waals surface area contributed by atoms with Gasteiger partial charge in [-0.1, -0.05) is 19.9 Å². The van der Waals surface area contributed by atoms with E-state index in [-0.39, 0.29) is 22.7 Å². The molecule has 13 heteroatoms. The highest BCUT2D eigenvalue weighted by molar-refractivity contribution is 5.75. The maximum absolute atomic E-state index is 12.5. The third-order valence-corrected chi connectivity index (χ3v) is 12.9. The third kappa shape index (κ3) is 5.04. The number of rotatable bonds is 7. The summed E-state index contributed by atoms with van der Waals surface area (Å²) in [4.78, 5) is 12.5. The van der Waals surface area contributed by atoms with Crippen LogP contribution in [0.25, 0.3) is 0 Å². The molecule has 13 nitrogen and oxygen atoms in total. The van der Waals surface area contributed by atoms with Crippen LogP contribution < -0.4 is 0 Å². The molecule has 2 heterocycles. The predicted octanol–water partition coefficient (Wildman–Crippen LogP) is -0.197. The summed E-state index contributed by atoms with van der Waals surface area (Å²) >= 11 is 0. The highest BCUT2D eigenvalue weighted by Gasteiger charge is 2.69. The summed E-state index contributed by atoms with van der Waals surface area (Å²) in [7, 11) is 0. The smallest absolute Gasteiger partial charge is 0.309 e. The molecule has 2 saturated heterocycles. The Morgan fingerprint density at radius 1 is 0.844 bits per heavy atom. The average molecular weight is 643 g/mol. The van der Waals surface area contributed by atoms with Crippen LogP contribution in [-0.4, -0.2) is 127 Å². The number of hydrogen-bond acceptors (Lipinski definition) is 12. The lowest BCUT2D eigenvalue weighted by Crippen LogP contribution is -2.65. The first kappa shape index (κ1) is 33.7. The molecule has 16 atom stereocenters. The third-order valence-electron chi connectivity index (χ3n) is 12.9. The van der Waals surface area contributed by atoms with Crippen LogP contribution in [0.2, 0.25) is 0 Å². The zero-order chi connectivity index (χ0) is 32.7. The van der Waals surface area contributed by atoms with E-state index >= 15 is 0 Å². The number of ether oxygens (including phenoxy) is 4. The van der Waals surface area contributed by atoms with Gasteiger partial charge in [-0.3, -0.25) is 4.79 Å². The second-order valence-electron chi connectivity index (χ2n) is 15.2. The Morgan fingerprint density at radius 3 is 2.11 bits per heavy atom. The van der Waals surface area contributed by atoms with Crippen molar-refractivity contribution in [1.82, 2.24) is 0 Å². The maximum atomic E-state index is 12.5. The molecule has 4 aliphatic carbocycles. The molecule has 0 amide bonds. The Labute approximate surface area is 262 Å². The largest absolute Gasteiger partial charge is 0.481 e. The molecule has 256 valence electrons. The monoisotopic (exact) mass is 642 g/mol. The van der Waals surface area contributed by atoms with Gasteiger partial charge in [0.15, 0.2) is 12.6 Å². The van der Waals surface area contributed by atoms with E-state index < -0.39 is 91.6 Å². The van der Waals surface area contributed by atoms with E-state index in [1.54, 1.807) is 0 Å². The van der Waals surface area contributed by atoms with Gasteiger partial charge < -0.3 is 59.8 Å². The maximum Gasteiger partial charge on any atom is 0.309 e. The first-order valence-corrected chi connectivity index (χ1v) is 16.3. The second kappa shape index (κ2) is 11.7. The Bertz CT molecular complexity index is 1150. The van der Waals surface area contributed by atoms with Crippen LogP contribution >= 0.6 is 0 Å². The van der Waals surface area contributed by atoms with Gasteiger partial charge in [0.05, 0.1) is 24.2 Å². The number of carboxylic acid groups (broad SMARTS) is 1. The summed E-state index contributed by atoms with van der Waals surface area (Å²) < 4.78 is 24.1. The van der Waals surface area contributed by atoms with E-state index in [1.807, 2.05) is 6.92 Å². The van der Waals surface area contributed by atoms with E-state index in [2.05, 4.69) is 13.5 Å². The Kier molecular flexibility index (Phi) is 8.77. The summed E-state index contributed by atoms with van der Waals surface area (Å²) in [5.74, 6) is -0.392. The molecule has 0 aromatic heterocycles. The van der Waals surface area contributed by atoms with Gasteiger partial charge in [-0.05, 0) is 86.5 Å². The molecule has 2 aliphatic heterocycles. The fraction of sp³-hybridized carbons (Fsp3) is 0.906. The van der Waals surface area contributed by atoms with Crippen molar-refractivity contribution in [1.29, 1.82) is 0 Å². The first-order valence-electron chi connectivity index (χ1n) is 16.3. The van der Waals surface area contributed by atoms with Crippen LogP contribution in [0.4, 0.5) is 0 Å². The number of aliphatic carboxylic acids is 1. The lowest BCUT2D eigenvalue weighted by atomic mass is 9.41. The standard InChI is InChI=1S/C32H50O13/c1-15-11-31-9-5-18-29(2,7-4-8-30(18,3)28(40)41)19(31)6-10-32(15,14-31)45-27-25(23(38)21(36)17(13-34)43-27)44-26-24(39)22(37)20(35)16(12-33)42-26/h16-27,33-39H,1,4-14H2,2-3H3,(H,40,41)/t16-,17-,18+,19+,20?,21?,22+,23+,24?,25?,26?,27?,29?,30?,31-,32?/m1/s1. The molecule has 0 aromatic rings. The summed E-state index contributed by atoms with van der Waals surface area (Å²) in [5, 5.41) is 82.8. The van der Waals surface area contributed by atoms with E-state index in [0.717, 1.165) is 37.7 Å². The van der Waals surface area contributed by atoms with Gasteiger partial charge in [0.1, 0.15) is 48.8 Å². The number of carbonyl (C=O) groups is 1. The van der Waals surface area contributed by atoms with Crippen molar-refractivity contribution in [3.63, 3.8) is 0 Å². The van der Waals surface area contributed by atoms with Gasteiger partial charge in [0.2, 0.25) is 0 Å². The van der Waals surface area contributed by atoms with Crippen LogP contribution in [-0.2, 0) is 23.7 Å².